The molecule has 1 aromatic carbocycles. The maximum absolute atomic E-state index is 12.0. The minimum atomic E-state index is -0.114. The molecule has 0 radical (unpaired) electrons. The first kappa shape index (κ1) is 12.8. The Bertz CT molecular complexity index is 548. The zero-order valence-corrected chi connectivity index (χ0v) is 11.8. The van der Waals surface area contributed by atoms with Crippen LogP contribution in [0.2, 0.25) is 0 Å². The predicted octanol–water partition coefficient (Wildman–Crippen LogP) is 2.97. The standard InChI is InChI=1S/C13H14BrN3O/c1-8(10-3-5-11(14)6-4-10)16-13(18)12-7-15-17-9(12)2/h3-8H,1-2H3,(H,15,17)(H,16,18)/t8-/m1/s1. The van der Waals surface area contributed by atoms with E-state index >= 15 is 0 Å². The van der Waals surface area contributed by atoms with Gasteiger partial charge in [-0.15, -0.1) is 0 Å². The number of nitrogens with zero attached hydrogens (tertiary/aromatic N) is 1. The van der Waals surface area contributed by atoms with Gasteiger partial charge in [0.25, 0.3) is 5.91 Å². The van der Waals surface area contributed by atoms with Crippen LogP contribution in [-0.2, 0) is 0 Å². The third-order valence-electron chi connectivity index (χ3n) is 2.79. The highest BCUT2D eigenvalue weighted by molar-refractivity contribution is 9.10. The van der Waals surface area contributed by atoms with Crippen molar-refractivity contribution in [1.82, 2.24) is 15.5 Å². The van der Waals surface area contributed by atoms with Crippen LogP contribution in [0, 0.1) is 6.92 Å². The van der Waals surface area contributed by atoms with E-state index in [4.69, 9.17) is 0 Å². The Morgan fingerprint density at radius 2 is 2.06 bits per heavy atom. The highest BCUT2D eigenvalue weighted by Crippen LogP contribution is 2.17. The summed E-state index contributed by atoms with van der Waals surface area (Å²) < 4.78 is 1.02. The minimum absolute atomic E-state index is 0.0418. The first-order valence-electron chi connectivity index (χ1n) is 5.64. The predicted molar refractivity (Wildman–Crippen MR) is 73.3 cm³/mol. The molecule has 0 unspecified atom stereocenters. The van der Waals surface area contributed by atoms with Crippen molar-refractivity contribution in [3.63, 3.8) is 0 Å². The molecular formula is C13H14BrN3O. The second-order valence-electron chi connectivity index (χ2n) is 4.16. The number of benzene rings is 1. The lowest BCUT2D eigenvalue weighted by atomic mass is 10.1. The summed E-state index contributed by atoms with van der Waals surface area (Å²) in [5.41, 5.74) is 2.42. The number of amides is 1. The quantitative estimate of drug-likeness (QED) is 0.916. The summed E-state index contributed by atoms with van der Waals surface area (Å²) in [5, 5.41) is 9.54. The van der Waals surface area contributed by atoms with Crippen LogP contribution in [0.15, 0.2) is 34.9 Å². The summed E-state index contributed by atoms with van der Waals surface area (Å²) in [6.07, 6.45) is 1.54. The number of halogens is 1. The SMILES string of the molecule is Cc1[nH]ncc1C(=O)N[C@H](C)c1ccc(Br)cc1. The lowest BCUT2D eigenvalue weighted by molar-refractivity contribution is 0.0939. The molecule has 0 aliphatic carbocycles. The van der Waals surface area contributed by atoms with Crippen molar-refractivity contribution in [2.75, 3.05) is 0 Å². The van der Waals surface area contributed by atoms with Crippen LogP contribution in [-0.4, -0.2) is 16.1 Å². The first-order chi connectivity index (χ1) is 8.58. The van der Waals surface area contributed by atoms with Crippen LogP contribution in [0.4, 0.5) is 0 Å². The van der Waals surface area contributed by atoms with Gasteiger partial charge >= 0.3 is 0 Å². The number of aromatic amines is 1. The molecule has 5 heteroatoms. The molecule has 1 aromatic heterocycles. The molecule has 1 atom stereocenters. The molecule has 0 fully saturated rings. The Kier molecular flexibility index (Phi) is 3.81. The topological polar surface area (TPSA) is 57.8 Å². The maximum atomic E-state index is 12.0. The van der Waals surface area contributed by atoms with Crippen LogP contribution >= 0.6 is 15.9 Å². The number of nitrogens with one attached hydrogen (secondary N) is 2. The van der Waals surface area contributed by atoms with Gasteiger partial charge in [0, 0.05) is 10.2 Å². The highest BCUT2D eigenvalue weighted by atomic mass is 79.9. The van der Waals surface area contributed by atoms with Gasteiger partial charge in [-0.25, -0.2) is 0 Å². The molecular weight excluding hydrogens is 294 g/mol. The number of hydrogen-bond acceptors (Lipinski definition) is 2. The molecule has 0 aliphatic rings. The van der Waals surface area contributed by atoms with Gasteiger partial charge in [-0.3, -0.25) is 9.89 Å². The zero-order chi connectivity index (χ0) is 13.1. The molecule has 1 amide bonds. The fraction of sp³-hybridized carbons (Fsp3) is 0.231. The van der Waals surface area contributed by atoms with Crippen molar-refractivity contribution in [3.8, 4) is 0 Å². The van der Waals surface area contributed by atoms with Crippen molar-refractivity contribution in [3.05, 3.63) is 51.8 Å². The third kappa shape index (κ3) is 2.79. The molecule has 2 N–H and O–H groups in total. The molecule has 1 heterocycles. The van der Waals surface area contributed by atoms with Crippen LogP contribution in [0.25, 0.3) is 0 Å². The fourth-order valence-electron chi connectivity index (χ4n) is 1.69. The normalized spacial score (nSPS) is 12.2. The van der Waals surface area contributed by atoms with Gasteiger partial charge in [0.15, 0.2) is 0 Å². The van der Waals surface area contributed by atoms with E-state index < -0.39 is 0 Å². The molecule has 0 aliphatic heterocycles. The van der Waals surface area contributed by atoms with E-state index in [9.17, 15) is 4.79 Å². The Morgan fingerprint density at radius 3 is 2.61 bits per heavy atom. The van der Waals surface area contributed by atoms with Crippen LogP contribution < -0.4 is 5.32 Å². The van der Waals surface area contributed by atoms with Gasteiger partial charge in [0.1, 0.15) is 0 Å². The Balaban J connectivity index is 2.08. The number of aryl methyl sites for hydroxylation is 1. The second kappa shape index (κ2) is 5.35. The minimum Gasteiger partial charge on any atom is -0.345 e. The lowest BCUT2D eigenvalue weighted by Crippen LogP contribution is -2.26. The summed E-state index contributed by atoms with van der Waals surface area (Å²) in [5.74, 6) is -0.114. The van der Waals surface area contributed by atoms with Gasteiger partial charge in [0.05, 0.1) is 17.8 Å². The van der Waals surface area contributed by atoms with Gasteiger partial charge in [-0.1, -0.05) is 28.1 Å². The van der Waals surface area contributed by atoms with Crippen LogP contribution in [0.1, 0.15) is 34.6 Å². The first-order valence-corrected chi connectivity index (χ1v) is 6.43. The Morgan fingerprint density at radius 1 is 1.39 bits per heavy atom. The number of carbonyl (C=O) groups excluding carboxylic acids is 1. The van der Waals surface area contributed by atoms with Gasteiger partial charge < -0.3 is 5.32 Å². The molecule has 2 rings (SSSR count). The summed E-state index contributed by atoms with van der Waals surface area (Å²) in [4.78, 5) is 12.0. The molecule has 0 bridgehead atoms. The molecule has 0 saturated carbocycles. The van der Waals surface area contributed by atoms with Crippen LogP contribution in [0.5, 0.6) is 0 Å². The summed E-state index contributed by atoms with van der Waals surface area (Å²) in [6.45, 7) is 3.78. The number of H-pyrrole nitrogens is 1. The molecule has 18 heavy (non-hydrogen) atoms. The molecule has 2 aromatic rings. The van der Waals surface area contributed by atoms with Gasteiger partial charge in [-0.2, -0.15) is 5.10 Å². The summed E-state index contributed by atoms with van der Waals surface area (Å²) in [7, 11) is 0. The molecule has 0 spiro atoms. The van der Waals surface area contributed by atoms with Crippen molar-refractivity contribution in [2.45, 2.75) is 19.9 Å². The van der Waals surface area contributed by atoms with E-state index in [-0.39, 0.29) is 11.9 Å². The summed E-state index contributed by atoms with van der Waals surface area (Å²) in [6, 6.07) is 7.84. The second-order valence-corrected chi connectivity index (χ2v) is 5.07. The van der Waals surface area contributed by atoms with Crippen LogP contribution in [0.3, 0.4) is 0 Å². The van der Waals surface area contributed by atoms with E-state index in [0.29, 0.717) is 5.56 Å². The number of hydrogen-bond donors (Lipinski definition) is 2. The lowest BCUT2D eigenvalue weighted by Gasteiger charge is -2.14. The van der Waals surface area contributed by atoms with E-state index in [1.54, 1.807) is 6.20 Å². The van der Waals surface area contributed by atoms with E-state index in [1.165, 1.54) is 0 Å². The molecule has 94 valence electrons. The number of carbonyl (C=O) groups is 1. The van der Waals surface area contributed by atoms with Crippen molar-refractivity contribution in [1.29, 1.82) is 0 Å². The summed E-state index contributed by atoms with van der Waals surface area (Å²) >= 11 is 3.39. The monoisotopic (exact) mass is 307 g/mol. The number of rotatable bonds is 3. The van der Waals surface area contributed by atoms with Gasteiger partial charge in [-0.05, 0) is 31.5 Å². The Hall–Kier alpha value is -1.62. The fourth-order valence-corrected chi connectivity index (χ4v) is 1.95. The Labute approximate surface area is 114 Å². The largest absolute Gasteiger partial charge is 0.345 e. The molecule has 4 nitrogen and oxygen atoms in total. The van der Waals surface area contributed by atoms with Gasteiger partial charge in [0.2, 0.25) is 0 Å². The van der Waals surface area contributed by atoms with E-state index in [2.05, 4.69) is 31.4 Å². The zero-order valence-electron chi connectivity index (χ0n) is 10.2. The van der Waals surface area contributed by atoms with Crippen molar-refractivity contribution < 1.29 is 4.79 Å². The van der Waals surface area contributed by atoms with Crippen molar-refractivity contribution in [2.24, 2.45) is 0 Å². The van der Waals surface area contributed by atoms with E-state index in [1.807, 2.05) is 38.1 Å². The highest BCUT2D eigenvalue weighted by Gasteiger charge is 2.14. The molecule has 0 saturated heterocycles. The average Bonchev–Trinajstić information content (AvgIpc) is 2.76. The number of aromatic nitrogens is 2. The van der Waals surface area contributed by atoms with E-state index in [0.717, 1.165) is 15.7 Å². The maximum Gasteiger partial charge on any atom is 0.255 e. The smallest absolute Gasteiger partial charge is 0.255 e. The average molecular weight is 308 g/mol. The third-order valence-corrected chi connectivity index (χ3v) is 3.32. The van der Waals surface area contributed by atoms with Crippen molar-refractivity contribution >= 4 is 21.8 Å².